The number of likely N-dealkylation sites (tertiary alicyclic amines) is 1. The van der Waals surface area contributed by atoms with Crippen molar-refractivity contribution in [3.8, 4) is 0 Å². The van der Waals surface area contributed by atoms with Gasteiger partial charge in [0.05, 0.1) is 7.11 Å². The summed E-state index contributed by atoms with van der Waals surface area (Å²) < 4.78 is 9.96. The van der Waals surface area contributed by atoms with Gasteiger partial charge in [0, 0.05) is 25.6 Å². The lowest BCUT2D eigenvalue weighted by atomic mass is 9.88. The van der Waals surface area contributed by atoms with Gasteiger partial charge < -0.3 is 20.1 Å². The van der Waals surface area contributed by atoms with Gasteiger partial charge in [0.1, 0.15) is 5.60 Å². The smallest absolute Gasteiger partial charge is 0.410 e. The van der Waals surface area contributed by atoms with Crippen molar-refractivity contribution in [2.45, 2.75) is 51.7 Å². The predicted molar refractivity (Wildman–Crippen MR) is 75.1 cm³/mol. The van der Waals surface area contributed by atoms with Crippen LogP contribution in [-0.4, -0.2) is 48.8 Å². The highest BCUT2D eigenvalue weighted by Crippen LogP contribution is 2.23. The monoisotopic (exact) mass is 286 g/mol. The molecule has 0 aromatic heterocycles. The number of ether oxygens (including phenoxy) is 2. The first-order chi connectivity index (χ1) is 9.23. The fourth-order valence-electron chi connectivity index (χ4n) is 2.29. The molecule has 0 saturated carbocycles. The molecule has 20 heavy (non-hydrogen) atoms. The minimum atomic E-state index is -0.497. The summed E-state index contributed by atoms with van der Waals surface area (Å²) in [5.74, 6) is 0.0274. The molecule has 6 heteroatoms. The average molecular weight is 286 g/mol. The highest BCUT2D eigenvalue weighted by atomic mass is 16.6. The van der Waals surface area contributed by atoms with Gasteiger partial charge in [-0.1, -0.05) is 0 Å². The minimum absolute atomic E-state index is 0.124. The van der Waals surface area contributed by atoms with Crippen LogP contribution in [0, 0.1) is 5.92 Å². The summed E-state index contributed by atoms with van der Waals surface area (Å²) in [7, 11) is 1.38. The fraction of sp³-hybridized carbons (Fsp3) is 0.857. The standard InChI is InChI=1S/C14H26N2O4/c1-14(2,3)20-13(18)16-8-7-10(11(15)9-16)5-6-12(17)19-4/h10-11H,5-9,15H2,1-4H3. The number of amides is 1. The maximum absolute atomic E-state index is 12.0. The Morgan fingerprint density at radius 2 is 2.00 bits per heavy atom. The highest BCUT2D eigenvalue weighted by molar-refractivity contribution is 5.69. The van der Waals surface area contributed by atoms with Gasteiger partial charge in [-0.2, -0.15) is 0 Å². The van der Waals surface area contributed by atoms with Crippen molar-refractivity contribution in [3.05, 3.63) is 0 Å². The van der Waals surface area contributed by atoms with E-state index >= 15 is 0 Å². The maximum Gasteiger partial charge on any atom is 0.410 e. The normalized spacial score (nSPS) is 23.4. The van der Waals surface area contributed by atoms with Gasteiger partial charge in [-0.15, -0.1) is 0 Å². The molecule has 0 spiro atoms. The molecule has 0 aromatic carbocycles. The van der Waals surface area contributed by atoms with Gasteiger partial charge in [0.15, 0.2) is 0 Å². The number of carbonyl (C=O) groups excluding carboxylic acids is 2. The van der Waals surface area contributed by atoms with Crippen molar-refractivity contribution in [1.29, 1.82) is 0 Å². The molecule has 2 N–H and O–H groups in total. The molecule has 1 aliphatic heterocycles. The second-order valence-corrected chi connectivity index (χ2v) is 6.25. The molecule has 1 fully saturated rings. The van der Waals surface area contributed by atoms with Crippen LogP contribution in [0.5, 0.6) is 0 Å². The third kappa shape index (κ3) is 5.36. The summed E-state index contributed by atoms with van der Waals surface area (Å²) in [4.78, 5) is 24.7. The molecule has 2 atom stereocenters. The molecule has 116 valence electrons. The first-order valence-electron chi connectivity index (χ1n) is 7.03. The van der Waals surface area contributed by atoms with E-state index in [0.29, 0.717) is 25.9 Å². The van der Waals surface area contributed by atoms with E-state index in [1.807, 2.05) is 20.8 Å². The summed E-state index contributed by atoms with van der Waals surface area (Å²) in [6, 6.07) is -0.124. The van der Waals surface area contributed by atoms with Crippen molar-refractivity contribution in [3.63, 3.8) is 0 Å². The van der Waals surface area contributed by atoms with Crippen LogP contribution in [0.15, 0.2) is 0 Å². The first kappa shape index (κ1) is 16.8. The Labute approximate surface area is 120 Å². The molecule has 6 nitrogen and oxygen atoms in total. The lowest BCUT2D eigenvalue weighted by molar-refractivity contribution is -0.141. The third-order valence-corrected chi connectivity index (χ3v) is 3.41. The van der Waals surface area contributed by atoms with E-state index in [0.717, 1.165) is 6.42 Å². The Kier molecular flexibility index (Phi) is 5.80. The zero-order valence-corrected chi connectivity index (χ0v) is 12.8. The van der Waals surface area contributed by atoms with Crippen molar-refractivity contribution < 1.29 is 19.1 Å². The molecule has 1 heterocycles. The Hall–Kier alpha value is -1.30. The summed E-state index contributed by atoms with van der Waals surface area (Å²) in [5, 5.41) is 0. The number of piperidine rings is 1. The number of carbonyl (C=O) groups is 2. The van der Waals surface area contributed by atoms with Crippen molar-refractivity contribution in [2.75, 3.05) is 20.2 Å². The van der Waals surface area contributed by atoms with E-state index in [2.05, 4.69) is 4.74 Å². The minimum Gasteiger partial charge on any atom is -0.469 e. The predicted octanol–water partition coefficient (Wildman–Crippen LogP) is 1.52. The van der Waals surface area contributed by atoms with Gasteiger partial charge >= 0.3 is 12.1 Å². The highest BCUT2D eigenvalue weighted by Gasteiger charge is 2.31. The van der Waals surface area contributed by atoms with E-state index in [1.54, 1.807) is 4.90 Å². The molecule has 0 bridgehead atoms. The van der Waals surface area contributed by atoms with Crippen LogP contribution in [0.2, 0.25) is 0 Å². The summed E-state index contributed by atoms with van der Waals surface area (Å²) in [6.07, 6.45) is 1.55. The SMILES string of the molecule is COC(=O)CCC1CCN(C(=O)OC(C)(C)C)CC1N. The van der Waals surface area contributed by atoms with Gasteiger partial charge in [-0.05, 0) is 39.5 Å². The van der Waals surface area contributed by atoms with Crippen LogP contribution in [0.4, 0.5) is 4.79 Å². The summed E-state index contributed by atoms with van der Waals surface area (Å²) in [6.45, 7) is 6.62. The lowest BCUT2D eigenvalue weighted by Gasteiger charge is -2.37. The van der Waals surface area contributed by atoms with Crippen LogP contribution in [0.3, 0.4) is 0 Å². The van der Waals surface area contributed by atoms with Crippen LogP contribution in [0.25, 0.3) is 0 Å². The van der Waals surface area contributed by atoms with Crippen molar-refractivity contribution in [1.82, 2.24) is 4.90 Å². The number of hydrogen-bond acceptors (Lipinski definition) is 5. The number of rotatable bonds is 3. The lowest BCUT2D eigenvalue weighted by Crippen LogP contribution is -2.51. The quantitative estimate of drug-likeness (QED) is 0.795. The molecule has 1 aliphatic rings. The number of hydrogen-bond donors (Lipinski definition) is 1. The second kappa shape index (κ2) is 6.92. The molecule has 1 saturated heterocycles. The van der Waals surface area contributed by atoms with Gasteiger partial charge in [0.2, 0.25) is 0 Å². The van der Waals surface area contributed by atoms with Crippen LogP contribution < -0.4 is 5.73 Å². The third-order valence-electron chi connectivity index (χ3n) is 3.41. The van der Waals surface area contributed by atoms with Gasteiger partial charge in [0.25, 0.3) is 0 Å². The Balaban J connectivity index is 2.43. The number of esters is 1. The molecule has 1 amide bonds. The Morgan fingerprint density at radius 1 is 1.35 bits per heavy atom. The first-order valence-corrected chi connectivity index (χ1v) is 7.03. The van der Waals surface area contributed by atoms with Gasteiger partial charge in [-0.25, -0.2) is 4.79 Å². The number of methoxy groups -OCH3 is 1. The van der Waals surface area contributed by atoms with Crippen LogP contribution >= 0.6 is 0 Å². The largest absolute Gasteiger partial charge is 0.469 e. The number of nitrogens with two attached hydrogens (primary N) is 1. The molecule has 0 radical (unpaired) electrons. The molecule has 1 rings (SSSR count). The zero-order chi connectivity index (χ0) is 15.3. The summed E-state index contributed by atoms with van der Waals surface area (Å²) >= 11 is 0. The molecular weight excluding hydrogens is 260 g/mol. The van der Waals surface area contributed by atoms with E-state index in [9.17, 15) is 9.59 Å². The topological polar surface area (TPSA) is 81.9 Å². The fourth-order valence-corrected chi connectivity index (χ4v) is 2.29. The molecule has 2 unspecified atom stereocenters. The van der Waals surface area contributed by atoms with Crippen LogP contribution in [-0.2, 0) is 14.3 Å². The second-order valence-electron chi connectivity index (χ2n) is 6.25. The van der Waals surface area contributed by atoms with Crippen molar-refractivity contribution >= 4 is 12.1 Å². The molecular formula is C14H26N2O4. The van der Waals surface area contributed by atoms with E-state index in [1.165, 1.54) is 7.11 Å². The van der Waals surface area contributed by atoms with Crippen LogP contribution in [0.1, 0.15) is 40.0 Å². The molecule has 0 aliphatic carbocycles. The zero-order valence-electron chi connectivity index (χ0n) is 12.8. The van der Waals surface area contributed by atoms with Crippen molar-refractivity contribution in [2.24, 2.45) is 11.7 Å². The average Bonchev–Trinajstić information content (AvgIpc) is 2.34. The molecule has 0 aromatic rings. The van der Waals surface area contributed by atoms with E-state index in [4.69, 9.17) is 10.5 Å². The Morgan fingerprint density at radius 3 is 2.50 bits per heavy atom. The maximum atomic E-state index is 12.0. The van der Waals surface area contributed by atoms with E-state index in [-0.39, 0.29) is 24.0 Å². The van der Waals surface area contributed by atoms with E-state index < -0.39 is 5.60 Å². The number of nitrogens with zero attached hydrogens (tertiary/aromatic N) is 1. The van der Waals surface area contributed by atoms with Gasteiger partial charge in [-0.3, -0.25) is 4.79 Å². The summed E-state index contributed by atoms with van der Waals surface area (Å²) in [5.41, 5.74) is 5.60. The Bertz CT molecular complexity index is 352.